The van der Waals surface area contributed by atoms with Crippen LogP contribution in [0.25, 0.3) is 0 Å². The van der Waals surface area contributed by atoms with Crippen molar-refractivity contribution >= 4 is 30.7 Å². The number of halogens is 2. The third-order valence-electron chi connectivity index (χ3n) is 3.19. The number of nitrogens with two attached hydrogens (primary N) is 1. The van der Waals surface area contributed by atoms with Crippen molar-refractivity contribution in [2.24, 2.45) is 5.73 Å². The number of aryl methyl sites for hydroxylation is 1. The molecule has 0 bridgehead atoms. The molecule has 1 saturated heterocycles. The van der Waals surface area contributed by atoms with E-state index in [0.717, 1.165) is 37.9 Å². The lowest BCUT2D eigenvalue weighted by atomic mass is 10.1. The minimum Gasteiger partial charge on any atom is -0.341 e. The molecule has 1 aromatic rings. The number of carbonyl (C=O) groups is 1. The zero-order valence-electron chi connectivity index (χ0n) is 10.8. The summed E-state index contributed by atoms with van der Waals surface area (Å²) < 4.78 is 0. The summed E-state index contributed by atoms with van der Waals surface area (Å²) in [6.45, 7) is 1.58. The second-order valence-corrected chi connectivity index (χ2v) is 4.60. The Labute approximate surface area is 126 Å². The average Bonchev–Trinajstić information content (AvgIpc) is 2.37. The van der Waals surface area contributed by atoms with E-state index < -0.39 is 0 Å². The predicted octanol–water partition coefficient (Wildman–Crippen LogP) is 1.81. The first kappa shape index (κ1) is 18.2. The first-order valence-corrected chi connectivity index (χ1v) is 6.18. The van der Waals surface area contributed by atoms with Crippen LogP contribution in [-0.2, 0) is 11.2 Å². The van der Waals surface area contributed by atoms with Gasteiger partial charge < -0.3 is 10.6 Å². The quantitative estimate of drug-likeness (QED) is 0.926. The van der Waals surface area contributed by atoms with Gasteiger partial charge >= 0.3 is 0 Å². The molecule has 19 heavy (non-hydrogen) atoms. The Kier molecular flexibility index (Phi) is 8.72. The van der Waals surface area contributed by atoms with Crippen LogP contribution in [0, 0.1) is 0 Å². The van der Waals surface area contributed by atoms with E-state index in [2.05, 4.69) is 4.98 Å². The van der Waals surface area contributed by atoms with E-state index >= 15 is 0 Å². The molecule has 0 saturated carbocycles. The number of pyridine rings is 1. The van der Waals surface area contributed by atoms with Gasteiger partial charge in [0.2, 0.25) is 5.91 Å². The van der Waals surface area contributed by atoms with E-state index in [1.807, 2.05) is 17.0 Å². The van der Waals surface area contributed by atoms with Crippen LogP contribution >= 0.6 is 24.8 Å². The molecule has 2 rings (SSSR count). The summed E-state index contributed by atoms with van der Waals surface area (Å²) in [5.74, 6) is 0.219. The highest BCUT2D eigenvalue weighted by Crippen LogP contribution is 2.11. The van der Waals surface area contributed by atoms with Crippen molar-refractivity contribution in [3.63, 3.8) is 0 Å². The highest BCUT2D eigenvalue weighted by molar-refractivity contribution is 5.85. The van der Waals surface area contributed by atoms with Crippen LogP contribution in [0.3, 0.4) is 0 Å². The molecule has 1 atom stereocenters. The number of rotatable bonds is 3. The lowest BCUT2D eigenvalue weighted by molar-refractivity contribution is -0.132. The second kappa shape index (κ2) is 9.13. The van der Waals surface area contributed by atoms with Crippen LogP contribution in [0.4, 0.5) is 0 Å². The predicted molar refractivity (Wildman–Crippen MR) is 80.8 cm³/mol. The Bertz CT molecular complexity index is 375. The summed E-state index contributed by atoms with van der Waals surface area (Å²) in [5.41, 5.74) is 7.03. The fourth-order valence-corrected chi connectivity index (χ4v) is 2.20. The number of aromatic nitrogens is 1. The van der Waals surface area contributed by atoms with Gasteiger partial charge in [-0.05, 0) is 37.0 Å². The molecule has 0 spiro atoms. The van der Waals surface area contributed by atoms with Crippen molar-refractivity contribution in [3.05, 3.63) is 30.1 Å². The van der Waals surface area contributed by atoms with Gasteiger partial charge in [0, 0.05) is 37.9 Å². The largest absolute Gasteiger partial charge is 0.341 e. The first-order valence-electron chi connectivity index (χ1n) is 6.18. The van der Waals surface area contributed by atoms with Crippen molar-refractivity contribution in [1.82, 2.24) is 9.88 Å². The molecule has 2 N–H and O–H groups in total. The monoisotopic (exact) mass is 305 g/mol. The zero-order valence-corrected chi connectivity index (χ0v) is 12.5. The molecule has 108 valence electrons. The van der Waals surface area contributed by atoms with E-state index in [9.17, 15) is 4.79 Å². The Morgan fingerprint density at radius 1 is 1.37 bits per heavy atom. The smallest absolute Gasteiger partial charge is 0.222 e. The minimum absolute atomic E-state index is 0. The van der Waals surface area contributed by atoms with Gasteiger partial charge in [0.1, 0.15) is 0 Å². The molecule has 1 amide bonds. The van der Waals surface area contributed by atoms with E-state index in [1.165, 1.54) is 0 Å². The summed E-state index contributed by atoms with van der Waals surface area (Å²) >= 11 is 0. The maximum Gasteiger partial charge on any atom is 0.222 e. The molecule has 4 nitrogen and oxygen atoms in total. The van der Waals surface area contributed by atoms with Crippen molar-refractivity contribution in [3.8, 4) is 0 Å². The van der Waals surface area contributed by atoms with Gasteiger partial charge in [-0.15, -0.1) is 24.8 Å². The van der Waals surface area contributed by atoms with Crippen molar-refractivity contribution < 1.29 is 4.79 Å². The number of nitrogens with zero attached hydrogens (tertiary/aromatic N) is 2. The number of carbonyl (C=O) groups excluding carboxylic acids is 1. The van der Waals surface area contributed by atoms with Crippen LogP contribution in [0.1, 0.15) is 24.8 Å². The van der Waals surface area contributed by atoms with Gasteiger partial charge in [-0.2, -0.15) is 0 Å². The number of hydrogen-bond acceptors (Lipinski definition) is 3. The number of piperidine rings is 1. The Hall–Kier alpha value is -0.840. The van der Waals surface area contributed by atoms with E-state index in [0.29, 0.717) is 6.42 Å². The van der Waals surface area contributed by atoms with Gasteiger partial charge in [0.15, 0.2) is 0 Å². The van der Waals surface area contributed by atoms with Gasteiger partial charge in [-0.25, -0.2) is 0 Å². The summed E-state index contributed by atoms with van der Waals surface area (Å²) in [7, 11) is 0. The average molecular weight is 306 g/mol. The summed E-state index contributed by atoms with van der Waals surface area (Å²) in [6, 6.07) is 4.07. The van der Waals surface area contributed by atoms with Crippen LogP contribution in [0.15, 0.2) is 24.5 Å². The topological polar surface area (TPSA) is 59.2 Å². The second-order valence-electron chi connectivity index (χ2n) is 4.60. The summed E-state index contributed by atoms with van der Waals surface area (Å²) in [5, 5.41) is 0. The highest BCUT2D eigenvalue weighted by Gasteiger charge is 2.20. The van der Waals surface area contributed by atoms with Crippen LogP contribution in [0.2, 0.25) is 0 Å². The number of likely N-dealkylation sites (tertiary alicyclic amines) is 1. The first-order chi connectivity index (χ1) is 8.25. The SMILES string of the molecule is Cl.Cl.N[C@@H]1CCCN(C(=O)CCc2ccncc2)C1. The fraction of sp³-hybridized carbons (Fsp3) is 0.538. The molecular weight excluding hydrogens is 285 g/mol. The van der Waals surface area contributed by atoms with Gasteiger partial charge in [-0.3, -0.25) is 9.78 Å². The molecular formula is C13H21Cl2N3O. The van der Waals surface area contributed by atoms with Crippen LogP contribution in [-0.4, -0.2) is 34.9 Å². The molecule has 6 heteroatoms. The molecule has 2 heterocycles. The third-order valence-corrected chi connectivity index (χ3v) is 3.19. The lowest BCUT2D eigenvalue weighted by Crippen LogP contribution is -2.45. The Morgan fingerprint density at radius 3 is 2.68 bits per heavy atom. The van der Waals surface area contributed by atoms with Crippen LogP contribution in [0.5, 0.6) is 0 Å². The standard InChI is InChI=1S/C13H19N3O.2ClH/c14-12-2-1-9-16(10-12)13(17)4-3-11-5-7-15-8-6-11;;/h5-8,12H,1-4,9-10,14H2;2*1H/t12-;;/m1../s1. The molecule has 1 aliphatic heterocycles. The third kappa shape index (κ3) is 5.76. The van der Waals surface area contributed by atoms with Crippen molar-refractivity contribution in [1.29, 1.82) is 0 Å². The van der Waals surface area contributed by atoms with E-state index in [-0.39, 0.29) is 36.8 Å². The zero-order chi connectivity index (χ0) is 12.1. The summed E-state index contributed by atoms with van der Waals surface area (Å²) in [4.78, 5) is 17.8. The molecule has 0 radical (unpaired) electrons. The number of amides is 1. The number of hydrogen-bond donors (Lipinski definition) is 1. The summed E-state index contributed by atoms with van der Waals surface area (Å²) in [6.07, 6.45) is 6.94. The van der Waals surface area contributed by atoms with Crippen molar-refractivity contribution in [2.45, 2.75) is 31.7 Å². The maximum absolute atomic E-state index is 12.0. The van der Waals surface area contributed by atoms with Gasteiger partial charge in [0.05, 0.1) is 0 Å². The molecule has 0 aliphatic carbocycles. The Morgan fingerprint density at radius 2 is 2.05 bits per heavy atom. The molecule has 1 aliphatic rings. The van der Waals surface area contributed by atoms with Crippen molar-refractivity contribution in [2.75, 3.05) is 13.1 Å². The van der Waals surface area contributed by atoms with E-state index in [1.54, 1.807) is 12.4 Å². The van der Waals surface area contributed by atoms with Crippen LogP contribution < -0.4 is 5.73 Å². The molecule has 1 fully saturated rings. The molecule has 1 aromatic heterocycles. The molecule has 0 aromatic carbocycles. The normalized spacial score (nSPS) is 18.2. The highest BCUT2D eigenvalue weighted by atomic mass is 35.5. The maximum atomic E-state index is 12.0. The fourth-order valence-electron chi connectivity index (χ4n) is 2.20. The molecule has 0 unspecified atom stereocenters. The lowest BCUT2D eigenvalue weighted by Gasteiger charge is -2.30. The van der Waals surface area contributed by atoms with Gasteiger partial charge in [0.25, 0.3) is 0 Å². The minimum atomic E-state index is 0. The Balaban J connectivity index is 0.00000162. The van der Waals surface area contributed by atoms with Gasteiger partial charge in [-0.1, -0.05) is 0 Å². The van der Waals surface area contributed by atoms with E-state index in [4.69, 9.17) is 5.73 Å².